The Morgan fingerprint density at radius 2 is 2.08 bits per heavy atom. The summed E-state index contributed by atoms with van der Waals surface area (Å²) in [6, 6.07) is 5.62. The molecule has 0 radical (unpaired) electrons. The number of methoxy groups -OCH3 is 1. The van der Waals surface area contributed by atoms with E-state index < -0.39 is 0 Å². The highest BCUT2D eigenvalue weighted by Gasteiger charge is 2.32. The minimum atomic E-state index is -0.187. The number of fused-ring (bicyclic) bond motifs is 1. The van der Waals surface area contributed by atoms with Crippen LogP contribution in [0.2, 0.25) is 0 Å². The van der Waals surface area contributed by atoms with E-state index in [-0.39, 0.29) is 16.6 Å². The third-order valence-corrected chi connectivity index (χ3v) is 6.37. The van der Waals surface area contributed by atoms with Gasteiger partial charge in [-0.1, -0.05) is 37.1 Å². The molecule has 4 rings (SSSR count). The smallest absolute Gasteiger partial charge is 0.271 e. The third-order valence-electron chi connectivity index (χ3n) is 5.20. The molecule has 0 bridgehead atoms. The molecule has 2 N–H and O–H groups in total. The van der Waals surface area contributed by atoms with Crippen LogP contribution in [-0.2, 0) is 0 Å². The number of aliphatic imine (C=N–C) groups is 1. The standard InChI is InChI=1S/C19H23N3O3S/c1-11-20-18-16(19(24)21-22(18)13-6-4-3-5-7-13)17(26-11)12-8-9-15(25-2)14(23)10-12/h8-10,13,17,23H,3-7H2,1-2H3,(H,21,24). The summed E-state index contributed by atoms with van der Waals surface area (Å²) in [6.45, 7) is 1.96. The predicted octanol–water partition coefficient (Wildman–Crippen LogP) is 4.28. The quantitative estimate of drug-likeness (QED) is 0.841. The van der Waals surface area contributed by atoms with Gasteiger partial charge in [-0.05, 0) is 37.5 Å². The van der Waals surface area contributed by atoms with Crippen molar-refractivity contribution in [1.29, 1.82) is 0 Å². The SMILES string of the molecule is COc1ccc(C2SC(C)=Nc3c2c(=O)[nH]n3C2CCCCC2)cc1O. The van der Waals surface area contributed by atoms with Gasteiger partial charge < -0.3 is 9.84 Å². The number of hydrogen-bond acceptors (Lipinski definition) is 5. The first-order valence-corrected chi connectivity index (χ1v) is 9.89. The minimum Gasteiger partial charge on any atom is -0.504 e. The number of H-pyrrole nitrogens is 1. The molecule has 1 fully saturated rings. The maximum atomic E-state index is 12.8. The number of benzene rings is 1. The topological polar surface area (TPSA) is 79.6 Å². The van der Waals surface area contributed by atoms with Crippen LogP contribution in [0.1, 0.15) is 61.4 Å². The highest BCUT2D eigenvalue weighted by Crippen LogP contribution is 2.46. The van der Waals surface area contributed by atoms with Gasteiger partial charge in [0.25, 0.3) is 5.56 Å². The second-order valence-corrected chi connectivity index (χ2v) is 8.20. The Balaban J connectivity index is 1.79. The van der Waals surface area contributed by atoms with Gasteiger partial charge in [-0.15, -0.1) is 0 Å². The molecule has 1 aliphatic carbocycles. The van der Waals surface area contributed by atoms with Crippen molar-refractivity contribution in [3.8, 4) is 11.5 Å². The van der Waals surface area contributed by atoms with Crippen molar-refractivity contribution in [2.45, 2.75) is 50.3 Å². The molecule has 0 saturated heterocycles. The van der Waals surface area contributed by atoms with E-state index in [0.717, 1.165) is 29.3 Å². The Kier molecular flexibility index (Phi) is 4.56. The van der Waals surface area contributed by atoms with Crippen LogP contribution in [0.4, 0.5) is 5.82 Å². The Labute approximate surface area is 156 Å². The molecule has 0 spiro atoms. The van der Waals surface area contributed by atoms with Gasteiger partial charge in [-0.25, -0.2) is 4.99 Å². The normalized spacial score (nSPS) is 20.5. The Morgan fingerprint density at radius 3 is 2.77 bits per heavy atom. The van der Waals surface area contributed by atoms with Crippen molar-refractivity contribution in [2.75, 3.05) is 7.11 Å². The molecule has 1 aromatic carbocycles. The number of aromatic hydroxyl groups is 1. The molecule has 2 heterocycles. The van der Waals surface area contributed by atoms with Gasteiger partial charge in [0.05, 0.1) is 29.0 Å². The van der Waals surface area contributed by atoms with Crippen LogP contribution in [0.3, 0.4) is 0 Å². The summed E-state index contributed by atoms with van der Waals surface area (Å²) >= 11 is 1.54. The number of aromatic nitrogens is 2. The molecule has 6 nitrogen and oxygen atoms in total. The molecule has 2 aromatic rings. The van der Waals surface area contributed by atoms with E-state index in [0.29, 0.717) is 17.4 Å². The number of phenols is 1. The van der Waals surface area contributed by atoms with E-state index in [4.69, 9.17) is 9.73 Å². The number of aromatic amines is 1. The summed E-state index contributed by atoms with van der Waals surface area (Å²) in [7, 11) is 1.52. The van der Waals surface area contributed by atoms with Crippen LogP contribution in [0.25, 0.3) is 0 Å². The number of rotatable bonds is 3. The van der Waals surface area contributed by atoms with E-state index in [1.165, 1.54) is 26.4 Å². The number of nitrogens with zero attached hydrogens (tertiary/aromatic N) is 2. The van der Waals surface area contributed by atoms with Gasteiger partial charge in [-0.3, -0.25) is 14.6 Å². The summed E-state index contributed by atoms with van der Waals surface area (Å²) in [5.41, 5.74) is 1.46. The summed E-state index contributed by atoms with van der Waals surface area (Å²) in [6.07, 6.45) is 5.79. The van der Waals surface area contributed by atoms with Gasteiger partial charge in [0.15, 0.2) is 17.3 Å². The molecule has 1 aliphatic heterocycles. The highest BCUT2D eigenvalue weighted by atomic mass is 32.2. The first kappa shape index (κ1) is 17.3. The van der Waals surface area contributed by atoms with Gasteiger partial charge in [0.2, 0.25) is 0 Å². The molecule has 0 amide bonds. The second kappa shape index (κ2) is 6.87. The molecule has 1 atom stereocenters. The maximum Gasteiger partial charge on any atom is 0.271 e. The highest BCUT2D eigenvalue weighted by molar-refractivity contribution is 8.14. The molecule has 7 heteroatoms. The maximum absolute atomic E-state index is 12.8. The van der Waals surface area contributed by atoms with E-state index in [1.807, 2.05) is 17.7 Å². The molecular formula is C19H23N3O3S. The van der Waals surface area contributed by atoms with Gasteiger partial charge in [0, 0.05) is 0 Å². The van der Waals surface area contributed by atoms with Crippen LogP contribution in [-0.4, -0.2) is 27.0 Å². The van der Waals surface area contributed by atoms with Gasteiger partial charge in [-0.2, -0.15) is 0 Å². The summed E-state index contributed by atoms with van der Waals surface area (Å²) in [5.74, 6) is 1.25. The number of hydrogen-bond donors (Lipinski definition) is 2. The summed E-state index contributed by atoms with van der Waals surface area (Å²) in [4.78, 5) is 17.5. The fourth-order valence-corrected chi connectivity index (χ4v) is 5.01. The van der Waals surface area contributed by atoms with Crippen molar-refractivity contribution in [2.24, 2.45) is 4.99 Å². The van der Waals surface area contributed by atoms with Crippen LogP contribution in [0, 0.1) is 0 Å². The van der Waals surface area contributed by atoms with Crippen molar-refractivity contribution < 1.29 is 9.84 Å². The lowest BCUT2D eigenvalue weighted by atomic mass is 9.95. The van der Waals surface area contributed by atoms with Crippen molar-refractivity contribution in [3.05, 3.63) is 39.7 Å². The first-order valence-electron chi connectivity index (χ1n) is 9.01. The zero-order valence-electron chi connectivity index (χ0n) is 15.0. The summed E-state index contributed by atoms with van der Waals surface area (Å²) < 4.78 is 7.12. The van der Waals surface area contributed by atoms with Crippen molar-refractivity contribution >= 4 is 22.6 Å². The number of phenolic OH excluding ortho intramolecular Hbond substituents is 1. The zero-order valence-corrected chi connectivity index (χ0v) is 15.8. The Morgan fingerprint density at radius 1 is 1.31 bits per heavy atom. The molecular weight excluding hydrogens is 350 g/mol. The predicted molar refractivity (Wildman–Crippen MR) is 104 cm³/mol. The summed E-state index contributed by atoms with van der Waals surface area (Å²) in [5, 5.41) is 13.9. The molecule has 2 aliphatic rings. The Bertz CT molecular complexity index is 909. The number of thioether (sulfide) groups is 1. The number of ether oxygens (including phenoxy) is 1. The average molecular weight is 373 g/mol. The molecule has 26 heavy (non-hydrogen) atoms. The van der Waals surface area contributed by atoms with Crippen molar-refractivity contribution in [1.82, 2.24) is 9.78 Å². The molecule has 138 valence electrons. The van der Waals surface area contributed by atoms with E-state index in [9.17, 15) is 9.90 Å². The van der Waals surface area contributed by atoms with Crippen LogP contribution < -0.4 is 10.3 Å². The van der Waals surface area contributed by atoms with Crippen molar-refractivity contribution in [3.63, 3.8) is 0 Å². The van der Waals surface area contributed by atoms with Gasteiger partial charge >= 0.3 is 0 Å². The molecule has 1 unspecified atom stereocenters. The minimum absolute atomic E-state index is 0.0791. The fraction of sp³-hybridized carbons (Fsp3) is 0.474. The molecule has 1 aromatic heterocycles. The average Bonchev–Trinajstić information content (AvgIpc) is 2.98. The second-order valence-electron chi connectivity index (χ2n) is 6.90. The van der Waals surface area contributed by atoms with Crippen LogP contribution >= 0.6 is 11.8 Å². The monoisotopic (exact) mass is 373 g/mol. The third kappa shape index (κ3) is 2.94. The van der Waals surface area contributed by atoms with E-state index >= 15 is 0 Å². The fourth-order valence-electron chi connectivity index (χ4n) is 3.92. The molecule has 1 saturated carbocycles. The van der Waals surface area contributed by atoms with Gasteiger partial charge in [0.1, 0.15) is 0 Å². The lowest BCUT2D eigenvalue weighted by Gasteiger charge is -2.26. The van der Waals surface area contributed by atoms with E-state index in [1.54, 1.807) is 23.9 Å². The lowest BCUT2D eigenvalue weighted by Crippen LogP contribution is -2.16. The largest absolute Gasteiger partial charge is 0.504 e. The lowest BCUT2D eigenvalue weighted by molar-refractivity contribution is 0.331. The van der Waals surface area contributed by atoms with Crippen LogP contribution in [0.15, 0.2) is 28.0 Å². The Hall–Kier alpha value is -2.15. The zero-order chi connectivity index (χ0) is 18.3. The number of nitrogens with one attached hydrogen (secondary N) is 1. The first-order chi connectivity index (χ1) is 12.6. The van der Waals surface area contributed by atoms with E-state index in [2.05, 4.69) is 5.10 Å². The van der Waals surface area contributed by atoms with Crippen LogP contribution in [0.5, 0.6) is 11.5 Å².